The standard InChI is InChI=1S/C18H24N2O3/c1-20(12-6-5-11-18(21)22)13-7-10-16-14-17(19-23-16)15-8-3-2-4-9-15/h2-4,8-9,14H,5-7,10-13H2,1H3,(H,21,22). The lowest BCUT2D eigenvalue weighted by atomic mass is 10.1. The Morgan fingerprint density at radius 2 is 1.91 bits per heavy atom. The van der Waals surface area contributed by atoms with E-state index in [1.165, 1.54) is 0 Å². The Labute approximate surface area is 136 Å². The van der Waals surface area contributed by atoms with Crippen molar-refractivity contribution in [3.8, 4) is 11.3 Å². The van der Waals surface area contributed by atoms with E-state index in [-0.39, 0.29) is 6.42 Å². The maximum Gasteiger partial charge on any atom is 0.303 e. The average molecular weight is 316 g/mol. The Morgan fingerprint density at radius 1 is 1.17 bits per heavy atom. The van der Waals surface area contributed by atoms with Crippen molar-refractivity contribution in [2.75, 3.05) is 20.1 Å². The highest BCUT2D eigenvalue weighted by atomic mass is 16.5. The van der Waals surface area contributed by atoms with E-state index in [0.717, 1.165) is 55.8 Å². The summed E-state index contributed by atoms with van der Waals surface area (Å²) in [6, 6.07) is 12.0. The topological polar surface area (TPSA) is 66.6 Å². The van der Waals surface area contributed by atoms with E-state index >= 15 is 0 Å². The molecule has 0 aliphatic heterocycles. The summed E-state index contributed by atoms with van der Waals surface area (Å²) in [6.45, 7) is 1.90. The highest BCUT2D eigenvalue weighted by Gasteiger charge is 2.07. The number of aryl methyl sites for hydroxylation is 1. The number of benzene rings is 1. The van der Waals surface area contributed by atoms with Crippen LogP contribution in [0.25, 0.3) is 11.3 Å². The SMILES string of the molecule is CN(CCCCC(=O)O)CCCc1cc(-c2ccccc2)no1. The lowest BCUT2D eigenvalue weighted by Gasteiger charge is -2.15. The molecule has 0 aliphatic rings. The number of aromatic nitrogens is 1. The van der Waals surface area contributed by atoms with Crippen molar-refractivity contribution >= 4 is 5.97 Å². The van der Waals surface area contributed by atoms with Gasteiger partial charge in [0.15, 0.2) is 0 Å². The van der Waals surface area contributed by atoms with Crippen LogP contribution in [0.4, 0.5) is 0 Å². The van der Waals surface area contributed by atoms with Crippen molar-refractivity contribution in [2.45, 2.75) is 32.1 Å². The smallest absolute Gasteiger partial charge is 0.303 e. The van der Waals surface area contributed by atoms with Crippen LogP contribution in [0.15, 0.2) is 40.9 Å². The van der Waals surface area contributed by atoms with Crippen molar-refractivity contribution in [3.63, 3.8) is 0 Å². The van der Waals surface area contributed by atoms with E-state index in [1.54, 1.807) is 0 Å². The normalized spacial score (nSPS) is 11.0. The van der Waals surface area contributed by atoms with Crippen molar-refractivity contribution in [2.24, 2.45) is 0 Å². The van der Waals surface area contributed by atoms with E-state index in [2.05, 4.69) is 17.1 Å². The number of hydrogen-bond donors (Lipinski definition) is 1. The first-order chi connectivity index (χ1) is 11.1. The predicted molar refractivity (Wildman–Crippen MR) is 89.2 cm³/mol. The minimum atomic E-state index is -0.716. The molecule has 0 amide bonds. The van der Waals surface area contributed by atoms with Gasteiger partial charge in [0, 0.05) is 24.5 Å². The largest absolute Gasteiger partial charge is 0.481 e. The Bertz CT molecular complexity index is 595. The Balaban J connectivity index is 1.66. The molecular weight excluding hydrogens is 292 g/mol. The Kier molecular flexibility index (Phi) is 6.81. The van der Waals surface area contributed by atoms with Gasteiger partial charge in [0.2, 0.25) is 0 Å². The summed E-state index contributed by atoms with van der Waals surface area (Å²) in [5, 5.41) is 12.7. The zero-order valence-corrected chi connectivity index (χ0v) is 13.6. The van der Waals surface area contributed by atoms with Crippen LogP contribution in [0.3, 0.4) is 0 Å². The average Bonchev–Trinajstić information content (AvgIpc) is 3.01. The predicted octanol–water partition coefficient (Wildman–Crippen LogP) is 3.46. The quantitative estimate of drug-likeness (QED) is 0.680. The van der Waals surface area contributed by atoms with E-state index in [0.29, 0.717) is 0 Å². The lowest BCUT2D eigenvalue weighted by Crippen LogP contribution is -2.21. The second-order valence-corrected chi connectivity index (χ2v) is 5.80. The van der Waals surface area contributed by atoms with Crippen LogP contribution < -0.4 is 0 Å². The van der Waals surface area contributed by atoms with Gasteiger partial charge in [-0.05, 0) is 39.4 Å². The van der Waals surface area contributed by atoms with Crippen LogP contribution in [-0.4, -0.2) is 41.3 Å². The van der Waals surface area contributed by atoms with Crippen LogP contribution in [0.5, 0.6) is 0 Å². The fourth-order valence-electron chi connectivity index (χ4n) is 2.47. The van der Waals surface area contributed by atoms with Gasteiger partial charge in [-0.3, -0.25) is 4.79 Å². The van der Waals surface area contributed by atoms with Crippen molar-refractivity contribution in [1.29, 1.82) is 0 Å². The molecule has 5 nitrogen and oxygen atoms in total. The molecule has 1 N–H and O–H groups in total. The van der Waals surface area contributed by atoms with Gasteiger partial charge in [-0.25, -0.2) is 0 Å². The molecule has 0 fully saturated rings. The molecule has 23 heavy (non-hydrogen) atoms. The summed E-state index contributed by atoms with van der Waals surface area (Å²) in [7, 11) is 2.07. The number of rotatable bonds is 10. The second kappa shape index (κ2) is 9.10. The van der Waals surface area contributed by atoms with Gasteiger partial charge >= 0.3 is 5.97 Å². The fraction of sp³-hybridized carbons (Fsp3) is 0.444. The van der Waals surface area contributed by atoms with Gasteiger partial charge in [-0.1, -0.05) is 35.5 Å². The zero-order chi connectivity index (χ0) is 16.5. The number of carboxylic acids is 1. The summed E-state index contributed by atoms with van der Waals surface area (Å²) < 4.78 is 5.39. The molecule has 0 aliphatic carbocycles. The molecule has 1 aromatic carbocycles. The van der Waals surface area contributed by atoms with E-state index in [1.807, 2.05) is 36.4 Å². The molecule has 1 heterocycles. The van der Waals surface area contributed by atoms with E-state index < -0.39 is 5.97 Å². The first kappa shape index (κ1) is 17.2. The highest BCUT2D eigenvalue weighted by molar-refractivity contribution is 5.66. The number of carboxylic acid groups (broad SMARTS) is 1. The summed E-state index contributed by atoms with van der Waals surface area (Å²) in [4.78, 5) is 12.7. The summed E-state index contributed by atoms with van der Waals surface area (Å²) in [5.74, 6) is 0.190. The first-order valence-corrected chi connectivity index (χ1v) is 8.06. The van der Waals surface area contributed by atoms with Gasteiger partial charge in [-0.2, -0.15) is 0 Å². The molecule has 0 saturated heterocycles. The molecule has 2 aromatic rings. The van der Waals surface area contributed by atoms with Crippen LogP contribution in [0, 0.1) is 0 Å². The Hall–Kier alpha value is -2.14. The molecule has 0 atom stereocenters. The van der Waals surface area contributed by atoms with Gasteiger partial charge in [0.05, 0.1) is 0 Å². The molecule has 2 rings (SSSR count). The lowest BCUT2D eigenvalue weighted by molar-refractivity contribution is -0.137. The molecule has 0 saturated carbocycles. The maximum atomic E-state index is 10.4. The third-order valence-corrected chi connectivity index (χ3v) is 3.77. The summed E-state index contributed by atoms with van der Waals surface area (Å²) in [5.41, 5.74) is 1.95. The minimum Gasteiger partial charge on any atom is -0.481 e. The van der Waals surface area contributed by atoms with Gasteiger partial charge in [0.25, 0.3) is 0 Å². The summed E-state index contributed by atoms with van der Waals surface area (Å²) in [6.07, 6.45) is 3.78. The van der Waals surface area contributed by atoms with Crippen LogP contribution in [0.1, 0.15) is 31.4 Å². The summed E-state index contributed by atoms with van der Waals surface area (Å²) >= 11 is 0. The third kappa shape index (κ3) is 6.24. The van der Waals surface area contributed by atoms with E-state index in [4.69, 9.17) is 9.63 Å². The van der Waals surface area contributed by atoms with Crippen molar-refractivity contribution in [3.05, 3.63) is 42.2 Å². The number of nitrogens with zero attached hydrogens (tertiary/aromatic N) is 2. The number of aliphatic carboxylic acids is 1. The fourth-order valence-corrected chi connectivity index (χ4v) is 2.47. The second-order valence-electron chi connectivity index (χ2n) is 5.80. The van der Waals surface area contributed by atoms with Crippen molar-refractivity contribution in [1.82, 2.24) is 10.1 Å². The van der Waals surface area contributed by atoms with Gasteiger partial charge in [0.1, 0.15) is 11.5 Å². The van der Waals surface area contributed by atoms with Crippen LogP contribution in [-0.2, 0) is 11.2 Å². The highest BCUT2D eigenvalue weighted by Crippen LogP contribution is 2.19. The van der Waals surface area contributed by atoms with Gasteiger partial charge in [-0.15, -0.1) is 0 Å². The van der Waals surface area contributed by atoms with Gasteiger partial charge < -0.3 is 14.5 Å². The monoisotopic (exact) mass is 316 g/mol. The molecule has 0 bridgehead atoms. The van der Waals surface area contributed by atoms with Crippen molar-refractivity contribution < 1.29 is 14.4 Å². The van der Waals surface area contributed by atoms with Crippen LogP contribution >= 0.6 is 0 Å². The zero-order valence-electron chi connectivity index (χ0n) is 13.6. The van der Waals surface area contributed by atoms with Crippen LogP contribution in [0.2, 0.25) is 0 Å². The molecule has 0 unspecified atom stereocenters. The van der Waals surface area contributed by atoms with E-state index in [9.17, 15) is 4.79 Å². The molecule has 0 spiro atoms. The first-order valence-electron chi connectivity index (χ1n) is 8.06. The number of hydrogen-bond acceptors (Lipinski definition) is 4. The third-order valence-electron chi connectivity index (χ3n) is 3.77. The molecule has 5 heteroatoms. The molecule has 1 aromatic heterocycles. The number of unbranched alkanes of at least 4 members (excludes halogenated alkanes) is 1. The Morgan fingerprint density at radius 3 is 2.65 bits per heavy atom. The molecule has 0 radical (unpaired) electrons. The minimum absolute atomic E-state index is 0.258. The molecular formula is C18H24N2O3. The molecule has 124 valence electrons. The maximum absolute atomic E-state index is 10.4. The number of carbonyl (C=O) groups is 1.